The number of Topliss-reactive ketones (excluding diaryl/α,β-unsaturated/α-hetero) is 1. The molecule has 66 heavy (non-hydrogen) atoms. The summed E-state index contributed by atoms with van der Waals surface area (Å²) >= 11 is 0. The van der Waals surface area contributed by atoms with Crippen LogP contribution < -0.4 is 48.9 Å². The minimum atomic E-state index is -1.26. The summed E-state index contributed by atoms with van der Waals surface area (Å²) in [6, 6.07) is 24.3. The van der Waals surface area contributed by atoms with Gasteiger partial charge in [0.2, 0.25) is 29.5 Å². The van der Waals surface area contributed by atoms with Gasteiger partial charge in [0, 0.05) is 25.2 Å². The molecule has 0 radical (unpaired) electrons. The van der Waals surface area contributed by atoms with Gasteiger partial charge in [0.15, 0.2) is 5.78 Å². The summed E-state index contributed by atoms with van der Waals surface area (Å²) < 4.78 is 0. The number of hydrogen-bond acceptors (Lipinski definition) is 12. The fourth-order valence-corrected chi connectivity index (χ4v) is 6.48. The maximum atomic E-state index is 13.6. The van der Waals surface area contributed by atoms with E-state index in [1.54, 1.807) is 84.9 Å². The van der Waals surface area contributed by atoms with E-state index in [4.69, 9.17) is 11.5 Å². The highest BCUT2D eigenvalue weighted by Gasteiger charge is 2.28. The monoisotopic (exact) mass is 907 g/mol. The molecule has 0 unspecified atom stereocenters. The van der Waals surface area contributed by atoms with Crippen molar-refractivity contribution in [3.8, 4) is 11.5 Å². The molecule has 0 saturated carbocycles. The number of phenols is 2. The molecule has 0 heterocycles. The molecule has 0 aromatic heterocycles. The Morgan fingerprint density at radius 1 is 0.470 bits per heavy atom. The molecule has 6 atom stereocenters. The predicted molar refractivity (Wildman–Crippen MR) is 242 cm³/mol. The molecular weight excluding hydrogens is 851 g/mol. The molecule has 19 nitrogen and oxygen atoms in total. The Balaban J connectivity index is 1.30. The lowest BCUT2D eigenvalue weighted by molar-refractivity contribution is -0.134. The number of phenolic OH excluding ortho intramolecular Hbond substituents is 2. The van der Waals surface area contributed by atoms with Gasteiger partial charge in [-0.3, -0.25) is 49.2 Å². The minimum absolute atomic E-state index is 0.0147. The fourth-order valence-electron chi connectivity index (χ4n) is 6.48. The number of nitrogens with two attached hydrogens (primary N) is 2. The van der Waals surface area contributed by atoms with Gasteiger partial charge in [-0.15, -0.1) is 0 Å². The Kier molecular flexibility index (Phi) is 19.8. The van der Waals surface area contributed by atoms with Crippen LogP contribution in [0.15, 0.2) is 109 Å². The lowest BCUT2D eigenvalue weighted by atomic mass is 9.95. The van der Waals surface area contributed by atoms with Crippen molar-refractivity contribution in [1.82, 2.24) is 37.4 Å². The third-order valence-electron chi connectivity index (χ3n) is 10.3. The number of ketones is 1. The smallest absolute Gasteiger partial charge is 0.261 e. The maximum absolute atomic E-state index is 13.6. The quantitative estimate of drug-likeness (QED) is 0.0419. The molecule has 4 aromatic carbocycles. The highest BCUT2D eigenvalue weighted by Crippen LogP contribution is 2.14. The maximum Gasteiger partial charge on any atom is 0.261 e. The Hall–Kier alpha value is -7.64. The van der Waals surface area contributed by atoms with Crippen LogP contribution in [0.1, 0.15) is 42.5 Å². The second-order valence-corrected chi connectivity index (χ2v) is 15.8. The first-order valence-electron chi connectivity index (χ1n) is 21.2. The molecule has 0 bridgehead atoms. The fraction of sp³-hybridized carbons (Fsp3) is 0.319. The zero-order valence-electron chi connectivity index (χ0n) is 36.6. The van der Waals surface area contributed by atoms with Gasteiger partial charge in [0.1, 0.15) is 29.6 Å². The van der Waals surface area contributed by atoms with Crippen LogP contribution in [0.3, 0.4) is 0 Å². The van der Waals surface area contributed by atoms with Crippen LogP contribution in [0.2, 0.25) is 0 Å². The summed E-state index contributed by atoms with van der Waals surface area (Å²) in [5.74, 6) is -6.15. The van der Waals surface area contributed by atoms with Gasteiger partial charge in [-0.05, 0) is 66.3 Å². The third-order valence-corrected chi connectivity index (χ3v) is 10.3. The highest BCUT2D eigenvalue weighted by atomic mass is 16.3. The van der Waals surface area contributed by atoms with Crippen LogP contribution >= 0.6 is 0 Å². The Labute approximate surface area is 381 Å². The standard InChI is InChI=1S/C47H57N9O10/c1-28(21-40(59)36(48)22-32-13-17-34(57)18-14-32)43(62)50-26-41(60)53-38(24-30-9-5-3-6-10-30)46(65)55-56-47(66)39(25-31-11-7-4-8-12-31)54-42(61)27-51-44(63)29(2)52-45(64)37(49)23-33-15-19-35(58)20-16-33/h3-20,28-29,36-39,57-58H,21-27,48-49H2,1-2H3,(H,50,62)(H,51,63)(H,52,64)(H,53,60)(H,54,61)(H,55,65)(H,56,66)/t28-,29+,36-,37-,38-,39-/m0/s1. The molecule has 350 valence electrons. The van der Waals surface area contributed by atoms with Crippen LogP contribution in [0.4, 0.5) is 0 Å². The van der Waals surface area contributed by atoms with E-state index in [0.717, 1.165) is 5.56 Å². The van der Waals surface area contributed by atoms with Crippen molar-refractivity contribution in [2.45, 2.75) is 76.2 Å². The van der Waals surface area contributed by atoms with E-state index in [2.05, 4.69) is 37.4 Å². The predicted octanol–water partition coefficient (Wildman–Crippen LogP) is -0.528. The molecule has 0 fully saturated rings. The van der Waals surface area contributed by atoms with Crippen LogP contribution in [-0.2, 0) is 64.0 Å². The van der Waals surface area contributed by atoms with Gasteiger partial charge in [0.25, 0.3) is 11.8 Å². The number of aromatic hydroxyl groups is 2. The first kappa shape index (κ1) is 51.0. The van der Waals surface area contributed by atoms with Crippen molar-refractivity contribution >= 4 is 47.1 Å². The van der Waals surface area contributed by atoms with Crippen molar-refractivity contribution in [3.63, 3.8) is 0 Å². The lowest BCUT2D eigenvalue weighted by Crippen LogP contribution is -2.58. The molecular formula is C47H57N9O10. The summed E-state index contributed by atoms with van der Waals surface area (Å²) in [6.45, 7) is 1.81. The zero-order valence-corrected chi connectivity index (χ0v) is 36.6. The lowest BCUT2D eigenvalue weighted by Gasteiger charge is -2.22. The Morgan fingerprint density at radius 2 is 0.864 bits per heavy atom. The van der Waals surface area contributed by atoms with E-state index >= 15 is 0 Å². The van der Waals surface area contributed by atoms with Gasteiger partial charge in [-0.2, -0.15) is 0 Å². The van der Waals surface area contributed by atoms with Crippen molar-refractivity contribution in [2.24, 2.45) is 17.4 Å². The number of carbonyl (C=O) groups is 8. The van der Waals surface area contributed by atoms with Gasteiger partial charge in [-0.1, -0.05) is 91.9 Å². The van der Waals surface area contributed by atoms with E-state index in [0.29, 0.717) is 16.7 Å². The van der Waals surface area contributed by atoms with Crippen LogP contribution in [0.5, 0.6) is 11.5 Å². The van der Waals surface area contributed by atoms with Crippen molar-refractivity contribution in [2.75, 3.05) is 13.1 Å². The third kappa shape index (κ3) is 17.5. The van der Waals surface area contributed by atoms with Crippen molar-refractivity contribution in [1.29, 1.82) is 0 Å². The molecule has 4 rings (SSSR count). The van der Waals surface area contributed by atoms with E-state index < -0.39 is 90.6 Å². The number of benzene rings is 4. The van der Waals surface area contributed by atoms with E-state index in [1.807, 2.05) is 0 Å². The molecule has 4 aromatic rings. The summed E-state index contributed by atoms with van der Waals surface area (Å²) in [5, 5.41) is 31.5. The molecule has 7 amide bonds. The number of nitrogens with one attached hydrogen (secondary N) is 7. The summed E-state index contributed by atoms with van der Waals surface area (Å²) in [7, 11) is 0. The molecule has 0 aliphatic carbocycles. The minimum Gasteiger partial charge on any atom is -0.508 e. The molecule has 13 N–H and O–H groups in total. The Bertz CT molecular complexity index is 2120. The average Bonchev–Trinajstić information content (AvgIpc) is 3.30. The summed E-state index contributed by atoms with van der Waals surface area (Å²) in [5.41, 5.74) is 19.4. The zero-order chi connectivity index (χ0) is 48.2. The topological polar surface area (TPSA) is 313 Å². The number of carbonyl (C=O) groups excluding carboxylic acids is 8. The van der Waals surface area contributed by atoms with E-state index in [-0.39, 0.29) is 49.4 Å². The number of rotatable bonds is 23. The van der Waals surface area contributed by atoms with Gasteiger partial charge in [-0.25, -0.2) is 0 Å². The number of hydrogen-bond donors (Lipinski definition) is 11. The molecule has 0 aliphatic rings. The normalized spacial score (nSPS) is 13.5. The molecule has 0 saturated heterocycles. The van der Waals surface area contributed by atoms with Crippen molar-refractivity contribution in [3.05, 3.63) is 131 Å². The average molecular weight is 908 g/mol. The second-order valence-electron chi connectivity index (χ2n) is 15.8. The van der Waals surface area contributed by atoms with Gasteiger partial charge >= 0.3 is 0 Å². The SMILES string of the molecule is C[C@@H](CC(=O)[C@@H](N)Cc1ccc(O)cc1)C(=O)NCC(=O)N[C@@H](Cc1ccccc1)C(=O)NNC(=O)[C@H](Cc1ccccc1)NC(=O)CNC(=O)[C@@H](C)NC(=O)[C@@H](N)Cc1ccc(O)cc1. The van der Waals surface area contributed by atoms with Gasteiger partial charge in [0.05, 0.1) is 25.2 Å². The van der Waals surface area contributed by atoms with Crippen molar-refractivity contribution < 1.29 is 48.6 Å². The first-order chi connectivity index (χ1) is 31.5. The second kappa shape index (κ2) is 25.6. The van der Waals surface area contributed by atoms with E-state index in [1.165, 1.54) is 38.1 Å². The molecule has 0 spiro atoms. The summed E-state index contributed by atoms with van der Waals surface area (Å²) in [4.78, 5) is 104. The highest BCUT2D eigenvalue weighted by molar-refractivity contribution is 5.95. The summed E-state index contributed by atoms with van der Waals surface area (Å²) in [6.07, 6.45) is 0.119. The number of amides is 7. The number of hydrazine groups is 1. The Morgan fingerprint density at radius 3 is 1.30 bits per heavy atom. The molecule has 19 heteroatoms. The van der Waals surface area contributed by atoms with Crippen LogP contribution in [0, 0.1) is 5.92 Å². The van der Waals surface area contributed by atoms with E-state index in [9.17, 15) is 48.6 Å². The van der Waals surface area contributed by atoms with Gasteiger partial charge < -0.3 is 48.3 Å². The van der Waals surface area contributed by atoms with Crippen LogP contribution in [-0.4, -0.2) is 101 Å². The molecule has 0 aliphatic heterocycles. The largest absolute Gasteiger partial charge is 0.508 e. The first-order valence-corrected chi connectivity index (χ1v) is 21.2. The van der Waals surface area contributed by atoms with Crippen LogP contribution in [0.25, 0.3) is 0 Å².